The molecular weight excluding hydrogens is 336 g/mol. The van der Waals surface area contributed by atoms with Gasteiger partial charge in [-0.3, -0.25) is 0 Å². The number of allylic oxidation sites excluding steroid dienone is 2. The number of nitrogens with one attached hydrogen (secondary N) is 1. The Morgan fingerprint density at radius 3 is 2.64 bits per heavy atom. The molecule has 25 heavy (non-hydrogen) atoms. The molecule has 0 saturated carbocycles. The van der Waals surface area contributed by atoms with Crippen LogP contribution in [-0.2, 0) is 9.53 Å². The molecule has 5 nitrogen and oxygen atoms in total. The van der Waals surface area contributed by atoms with Gasteiger partial charge in [0.15, 0.2) is 0 Å². The van der Waals surface area contributed by atoms with Crippen molar-refractivity contribution in [2.45, 2.75) is 12.8 Å². The summed E-state index contributed by atoms with van der Waals surface area (Å²) in [6.07, 6.45) is 3.40. The zero-order valence-corrected chi connectivity index (χ0v) is 15.3. The van der Waals surface area contributed by atoms with E-state index in [9.17, 15) is 10.1 Å². The number of thioether (sulfide) groups is 1. The minimum absolute atomic E-state index is 0.117. The van der Waals surface area contributed by atoms with Crippen LogP contribution in [-0.4, -0.2) is 25.9 Å². The Kier molecular flexibility index (Phi) is 6.31. The lowest BCUT2D eigenvalue weighted by atomic mass is 9.82. The van der Waals surface area contributed by atoms with Crippen LogP contribution in [0.2, 0.25) is 0 Å². The molecule has 0 radical (unpaired) electrons. The van der Waals surface area contributed by atoms with Crippen molar-refractivity contribution in [2.75, 3.05) is 20.0 Å². The van der Waals surface area contributed by atoms with Gasteiger partial charge in [-0.05, 0) is 30.9 Å². The second-order valence-corrected chi connectivity index (χ2v) is 6.13. The standard InChI is InChI=1S/C19H20N2O3S/c1-5-10-24-19(22)16-12(2)21-18(25-4)15(11-20)17(16)13-6-8-14(23-3)9-7-13/h5-9,17,21H,1,10H2,2-4H3. The maximum atomic E-state index is 12.6. The fraction of sp³-hybridized carbons (Fsp3) is 0.263. The van der Waals surface area contributed by atoms with Gasteiger partial charge in [-0.2, -0.15) is 5.26 Å². The normalized spacial score (nSPS) is 16.8. The lowest BCUT2D eigenvalue weighted by Crippen LogP contribution is -2.28. The number of rotatable bonds is 6. The molecule has 1 aliphatic rings. The Morgan fingerprint density at radius 1 is 1.44 bits per heavy atom. The summed E-state index contributed by atoms with van der Waals surface area (Å²) >= 11 is 1.44. The lowest BCUT2D eigenvalue weighted by molar-refractivity contribution is -0.138. The largest absolute Gasteiger partial charge is 0.497 e. The van der Waals surface area contributed by atoms with Gasteiger partial charge in [0.1, 0.15) is 12.4 Å². The van der Waals surface area contributed by atoms with Crippen molar-refractivity contribution < 1.29 is 14.3 Å². The van der Waals surface area contributed by atoms with Gasteiger partial charge in [0, 0.05) is 5.70 Å². The smallest absolute Gasteiger partial charge is 0.337 e. The maximum Gasteiger partial charge on any atom is 0.337 e. The van der Waals surface area contributed by atoms with Crippen LogP contribution < -0.4 is 10.1 Å². The minimum Gasteiger partial charge on any atom is -0.497 e. The number of nitrogens with zero attached hydrogens (tertiary/aromatic N) is 1. The van der Waals surface area contributed by atoms with E-state index >= 15 is 0 Å². The first-order valence-electron chi connectivity index (χ1n) is 7.65. The Balaban J connectivity index is 2.56. The van der Waals surface area contributed by atoms with E-state index in [2.05, 4.69) is 18.0 Å². The average molecular weight is 356 g/mol. The van der Waals surface area contributed by atoms with Gasteiger partial charge in [0.05, 0.1) is 35.3 Å². The van der Waals surface area contributed by atoms with E-state index < -0.39 is 11.9 Å². The molecule has 1 N–H and O–H groups in total. The quantitative estimate of drug-likeness (QED) is 0.621. The number of dihydropyridines is 1. The van der Waals surface area contributed by atoms with E-state index in [0.717, 1.165) is 10.6 Å². The van der Waals surface area contributed by atoms with Gasteiger partial charge >= 0.3 is 5.97 Å². The van der Waals surface area contributed by atoms with Crippen LogP contribution in [0.15, 0.2) is 58.8 Å². The molecule has 130 valence electrons. The number of esters is 1. The van der Waals surface area contributed by atoms with Crippen LogP contribution in [0.3, 0.4) is 0 Å². The predicted molar refractivity (Wildman–Crippen MR) is 98.9 cm³/mol. The molecule has 1 atom stereocenters. The summed E-state index contributed by atoms with van der Waals surface area (Å²) in [5, 5.41) is 13.6. The van der Waals surface area contributed by atoms with Crippen LogP contribution in [0.25, 0.3) is 0 Å². The molecule has 1 aromatic rings. The molecule has 1 heterocycles. The van der Waals surface area contributed by atoms with Gasteiger partial charge in [-0.15, -0.1) is 11.8 Å². The van der Waals surface area contributed by atoms with Crippen LogP contribution in [0.5, 0.6) is 5.75 Å². The highest BCUT2D eigenvalue weighted by atomic mass is 32.2. The number of benzene rings is 1. The van der Waals surface area contributed by atoms with Crippen LogP contribution in [0.4, 0.5) is 0 Å². The summed E-state index contributed by atoms with van der Waals surface area (Å²) in [5.41, 5.74) is 2.43. The molecule has 1 aromatic carbocycles. The number of hydrogen-bond acceptors (Lipinski definition) is 6. The van der Waals surface area contributed by atoms with Crippen molar-refractivity contribution >= 4 is 17.7 Å². The molecular formula is C19H20N2O3S. The molecule has 1 aliphatic heterocycles. The van der Waals surface area contributed by atoms with E-state index in [1.165, 1.54) is 17.8 Å². The highest BCUT2D eigenvalue weighted by molar-refractivity contribution is 8.02. The van der Waals surface area contributed by atoms with Crippen molar-refractivity contribution in [3.8, 4) is 11.8 Å². The highest BCUT2D eigenvalue weighted by Gasteiger charge is 2.35. The number of carbonyl (C=O) groups excluding carboxylic acids is 1. The molecule has 0 fully saturated rings. The van der Waals surface area contributed by atoms with E-state index in [0.29, 0.717) is 22.6 Å². The first kappa shape index (κ1) is 18.7. The van der Waals surface area contributed by atoms with E-state index in [-0.39, 0.29) is 6.61 Å². The molecule has 0 aromatic heterocycles. The fourth-order valence-corrected chi connectivity index (χ4v) is 3.32. The van der Waals surface area contributed by atoms with Crippen LogP contribution >= 0.6 is 11.8 Å². The van der Waals surface area contributed by atoms with Crippen molar-refractivity contribution in [1.29, 1.82) is 5.26 Å². The van der Waals surface area contributed by atoms with Crippen LogP contribution in [0, 0.1) is 11.3 Å². The zero-order chi connectivity index (χ0) is 18.4. The van der Waals surface area contributed by atoms with Gasteiger partial charge in [0.2, 0.25) is 0 Å². The van der Waals surface area contributed by atoms with E-state index in [1.807, 2.05) is 37.4 Å². The van der Waals surface area contributed by atoms with E-state index in [1.54, 1.807) is 7.11 Å². The number of ether oxygens (including phenoxy) is 2. The average Bonchev–Trinajstić information content (AvgIpc) is 2.65. The van der Waals surface area contributed by atoms with Gasteiger partial charge in [-0.1, -0.05) is 24.8 Å². The summed E-state index contributed by atoms with van der Waals surface area (Å²) in [5.74, 6) is -0.239. The molecule has 0 saturated heterocycles. The zero-order valence-electron chi connectivity index (χ0n) is 14.5. The van der Waals surface area contributed by atoms with E-state index in [4.69, 9.17) is 9.47 Å². The Hall–Kier alpha value is -2.65. The lowest BCUT2D eigenvalue weighted by Gasteiger charge is -2.29. The molecule has 0 bridgehead atoms. The second-order valence-electron chi connectivity index (χ2n) is 5.32. The summed E-state index contributed by atoms with van der Waals surface area (Å²) < 4.78 is 10.4. The molecule has 0 amide bonds. The Labute approximate surface area is 152 Å². The Morgan fingerprint density at radius 2 is 2.12 bits per heavy atom. The fourth-order valence-electron chi connectivity index (χ4n) is 2.69. The van der Waals surface area contributed by atoms with Gasteiger partial charge < -0.3 is 14.8 Å². The number of hydrogen-bond donors (Lipinski definition) is 1. The number of carbonyl (C=O) groups is 1. The molecule has 6 heteroatoms. The maximum absolute atomic E-state index is 12.6. The number of nitriles is 1. The minimum atomic E-state index is -0.489. The van der Waals surface area contributed by atoms with Crippen molar-refractivity contribution in [1.82, 2.24) is 5.32 Å². The van der Waals surface area contributed by atoms with Crippen molar-refractivity contribution in [2.24, 2.45) is 0 Å². The van der Waals surface area contributed by atoms with Gasteiger partial charge in [-0.25, -0.2) is 4.79 Å². The molecule has 0 aliphatic carbocycles. The highest BCUT2D eigenvalue weighted by Crippen LogP contribution is 2.40. The van der Waals surface area contributed by atoms with Gasteiger partial charge in [0.25, 0.3) is 0 Å². The summed E-state index contributed by atoms with van der Waals surface area (Å²) in [4.78, 5) is 12.6. The third-order valence-corrected chi connectivity index (χ3v) is 4.58. The number of methoxy groups -OCH3 is 1. The first-order chi connectivity index (χ1) is 12.1. The second kappa shape index (κ2) is 8.45. The van der Waals surface area contributed by atoms with Crippen LogP contribution in [0.1, 0.15) is 18.4 Å². The Bertz CT molecular complexity index is 773. The third-order valence-electron chi connectivity index (χ3n) is 3.85. The topological polar surface area (TPSA) is 71.3 Å². The first-order valence-corrected chi connectivity index (χ1v) is 8.87. The molecule has 1 unspecified atom stereocenters. The summed E-state index contributed by atoms with van der Waals surface area (Å²) in [6.45, 7) is 5.49. The van der Waals surface area contributed by atoms with Crippen molar-refractivity contribution in [3.63, 3.8) is 0 Å². The van der Waals surface area contributed by atoms with Crippen molar-refractivity contribution in [3.05, 3.63) is 64.4 Å². The monoisotopic (exact) mass is 356 g/mol. The summed E-state index contributed by atoms with van der Waals surface area (Å²) in [7, 11) is 1.59. The third kappa shape index (κ3) is 3.89. The molecule has 2 rings (SSSR count). The SMILES string of the molecule is C=CCOC(=O)C1=C(C)NC(SC)=C(C#N)C1c1ccc(OC)cc1. The molecule has 0 spiro atoms. The summed E-state index contributed by atoms with van der Waals surface area (Å²) in [6, 6.07) is 9.59. The predicted octanol–water partition coefficient (Wildman–Crippen LogP) is 3.48.